The number of nitrogens with zero attached hydrogens (tertiary/aromatic N) is 2. The number of ether oxygens (including phenoxy) is 1. The van der Waals surface area contributed by atoms with Gasteiger partial charge in [0.15, 0.2) is 11.1 Å². The summed E-state index contributed by atoms with van der Waals surface area (Å²) in [6, 6.07) is 2.71. The Morgan fingerprint density at radius 2 is 2.11 bits per heavy atom. The van der Waals surface area contributed by atoms with Crippen LogP contribution in [-0.4, -0.2) is 33.3 Å². The van der Waals surface area contributed by atoms with Gasteiger partial charge in [0.1, 0.15) is 0 Å². The van der Waals surface area contributed by atoms with Crippen LogP contribution in [0.25, 0.3) is 0 Å². The highest BCUT2D eigenvalue weighted by Crippen LogP contribution is 2.17. The Hall–Kier alpha value is -1.69. The van der Waals surface area contributed by atoms with Crippen molar-refractivity contribution >= 4 is 23.5 Å². The van der Waals surface area contributed by atoms with E-state index >= 15 is 0 Å². The van der Waals surface area contributed by atoms with Crippen molar-refractivity contribution in [3.63, 3.8) is 0 Å². The molecule has 1 heterocycles. The molecule has 98 valence electrons. The Balaban J connectivity index is 2.92. The predicted molar refractivity (Wildman–Crippen MR) is 63.3 cm³/mol. The molecule has 0 fully saturated rings. The van der Waals surface area contributed by atoms with E-state index in [9.17, 15) is 9.59 Å². The highest BCUT2D eigenvalue weighted by molar-refractivity contribution is 6.29. The van der Waals surface area contributed by atoms with Crippen molar-refractivity contribution in [3.05, 3.63) is 23.0 Å². The molecule has 0 aliphatic carbocycles. The van der Waals surface area contributed by atoms with Crippen LogP contribution in [-0.2, 0) is 14.3 Å². The van der Waals surface area contributed by atoms with E-state index in [4.69, 9.17) is 21.4 Å². The van der Waals surface area contributed by atoms with Gasteiger partial charge in [-0.3, -0.25) is 9.59 Å². The number of halogens is 1. The number of hydrogen-bond acceptors (Lipinski definition) is 5. The minimum Gasteiger partial charge on any atom is -0.480 e. The van der Waals surface area contributed by atoms with Crippen molar-refractivity contribution in [2.75, 3.05) is 0 Å². The summed E-state index contributed by atoms with van der Waals surface area (Å²) in [5, 5.41) is 16.3. The molecule has 0 aliphatic rings. The number of carboxylic acid groups (broad SMARTS) is 1. The van der Waals surface area contributed by atoms with Crippen LogP contribution in [0.15, 0.2) is 12.1 Å². The van der Waals surface area contributed by atoms with Gasteiger partial charge in [-0.25, -0.2) is 0 Å². The quantitative estimate of drug-likeness (QED) is 0.647. The smallest absolute Gasteiger partial charge is 0.326 e. The van der Waals surface area contributed by atoms with Crippen LogP contribution in [0.1, 0.15) is 31.9 Å². The van der Waals surface area contributed by atoms with Gasteiger partial charge < -0.3 is 9.84 Å². The highest BCUT2D eigenvalue weighted by Gasteiger charge is 2.32. The van der Waals surface area contributed by atoms with E-state index in [2.05, 4.69) is 10.2 Å². The van der Waals surface area contributed by atoms with Crippen LogP contribution in [0.4, 0.5) is 0 Å². The Bertz CT molecular complexity index is 435. The topological polar surface area (TPSA) is 89.4 Å². The second-order valence-electron chi connectivity index (χ2n) is 3.71. The van der Waals surface area contributed by atoms with E-state index < -0.39 is 17.9 Å². The first-order valence-electron chi connectivity index (χ1n) is 5.38. The molecule has 1 aromatic heterocycles. The number of aromatic nitrogens is 2. The van der Waals surface area contributed by atoms with Crippen LogP contribution in [0.3, 0.4) is 0 Å². The minimum atomic E-state index is -1.48. The van der Waals surface area contributed by atoms with E-state index in [1.807, 2.05) is 6.92 Å². The van der Waals surface area contributed by atoms with Gasteiger partial charge in [-0.05, 0) is 25.5 Å². The molecule has 6 nitrogen and oxygen atoms in total. The maximum atomic E-state index is 11.7. The number of carbonyl (C=O) groups is 2. The van der Waals surface area contributed by atoms with Gasteiger partial charge in [-0.2, -0.15) is 5.10 Å². The number of carbonyl (C=O) groups excluding carboxylic acids is 1. The second-order valence-corrected chi connectivity index (χ2v) is 4.10. The average Bonchev–Trinajstić information content (AvgIpc) is 2.31. The SMILES string of the molecule is CCC(C)OC(=O)C(C(=O)O)c1ccc(Cl)nn1. The third-order valence-electron chi connectivity index (χ3n) is 2.32. The number of hydrogen-bond donors (Lipinski definition) is 1. The Kier molecular flexibility index (Phi) is 5.03. The molecule has 1 aromatic rings. The molecule has 2 atom stereocenters. The van der Waals surface area contributed by atoms with Crippen LogP contribution in [0, 0.1) is 0 Å². The molecule has 1 rings (SSSR count). The zero-order valence-electron chi connectivity index (χ0n) is 9.96. The lowest BCUT2D eigenvalue weighted by Gasteiger charge is -2.15. The number of carboxylic acids is 1. The lowest BCUT2D eigenvalue weighted by molar-refractivity contribution is -0.157. The molecule has 18 heavy (non-hydrogen) atoms. The van der Waals surface area contributed by atoms with Crippen molar-refractivity contribution in [1.29, 1.82) is 0 Å². The van der Waals surface area contributed by atoms with Gasteiger partial charge >= 0.3 is 11.9 Å². The molecule has 0 aliphatic heterocycles. The minimum absolute atomic E-state index is 0.000188. The first-order valence-corrected chi connectivity index (χ1v) is 5.76. The summed E-state index contributed by atoms with van der Waals surface area (Å²) < 4.78 is 4.99. The van der Waals surface area contributed by atoms with Gasteiger partial charge in [0.2, 0.25) is 0 Å². The lowest BCUT2D eigenvalue weighted by atomic mass is 10.1. The van der Waals surface area contributed by atoms with Gasteiger partial charge in [0.25, 0.3) is 0 Å². The van der Waals surface area contributed by atoms with E-state index in [-0.39, 0.29) is 17.0 Å². The van der Waals surface area contributed by atoms with Crippen molar-refractivity contribution < 1.29 is 19.4 Å². The summed E-state index contributed by atoms with van der Waals surface area (Å²) in [5.74, 6) is -3.67. The maximum absolute atomic E-state index is 11.7. The monoisotopic (exact) mass is 272 g/mol. The molecule has 1 N–H and O–H groups in total. The molecule has 0 saturated carbocycles. The maximum Gasteiger partial charge on any atom is 0.326 e. The summed E-state index contributed by atoms with van der Waals surface area (Å²) in [5.41, 5.74) is 0.000188. The summed E-state index contributed by atoms with van der Waals surface area (Å²) in [4.78, 5) is 22.8. The standard InChI is InChI=1S/C11H13ClN2O4/c1-3-6(2)18-11(17)9(10(15)16)7-4-5-8(12)14-13-7/h4-6,9H,3H2,1-2H3,(H,15,16). The van der Waals surface area contributed by atoms with Gasteiger partial charge in [-0.15, -0.1) is 5.10 Å². The van der Waals surface area contributed by atoms with E-state index in [0.29, 0.717) is 6.42 Å². The van der Waals surface area contributed by atoms with E-state index in [1.54, 1.807) is 6.92 Å². The molecule has 7 heteroatoms. The predicted octanol–water partition coefficient (Wildman–Crippen LogP) is 1.64. The third kappa shape index (κ3) is 3.66. The molecule has 0 spiro atoms. The number of rotatable bonds is 5. The lowest BCUT2D eigenvalue weighted by Crippen LogP contribution is -2.27. The summed E-state index contributed by atoms with van der Waals surface area (Å²) in [6.45, 7) is 3.51. The fourth-order valence-corrected chi connectivity index (χ4v) is 1.28. The molecule has 0 saturated heterocycles. The van der Waals surface area contributed by atoms with Crippen molar-refractivity contribution in [2.45, 2.75) is 32.3 Å². The zero-order valence-corrected chi connectivity index (χ0v) is 10.7. The van der Waals surface area contributed by atoms with Crippen LogP contribution in [0.2, 0.25) is 5.15 Å². The average molecular weight is 273 g/mol. The Labute approximate surface area is 109 Å². The van der Waals surface area contributed by atoms with Crippen LogP contribution >= 0.6 is 11.6 Å². The summed E-state index contributed by atoms with van der Waals surface area (Å²) in [7, 11) is 0. The Morgan fingerprint density at radius 1 is 1.44 bits per heavy atom. The molecular formula is C11H13ClN2O4. The van der Waals surface area contributed by atoms with Gasteiger partial charge in [0, 0.05) is 0 Å². The van der Waals surface area contributed by atoms with Crippen molar-refractivity contribution in [3.8, 4) is 0 Å². The summed E-state index contributed by atoms with van der Waals surface area (Å²) in [6.07, 6.45) is 0.254. The second kappa shape index (κ2) is 6.30. The first kappa shape index (κ1) is 14.4. The molecule has 0 bridgehead atoms. The van der Waals surface area contributed by atoms with Crippen molar-refractivity contribution in [2.24, 2.45) is 0 Å². The largest absolute Gasteiger partial charge is 0.480 e. The van der Waals surface area contributed by atoms with Gasteiger partial charge in [0.05, 0.1) is 11.8 Å². The molecule has 0 amide bonds. The van der Waals surface area contributed by atoms with Crippen LogP contribution < -0.4 is 0 Å². The number of aliphatic carboxylic acids is 1. The zero-order chi connectivity index (χ0) is 13.7. The van der Waals surface area contributed by atoms with Gasteiger partial charge in [-0.1, -0.05) is 18.5 Å². The third-order valence-corrected chi connectivity index (χ3v) is 2.52. The molecule has 2 unspecified atom stereocenters. The normalized spacial score (nSPS) is 13.7. The van der Waals surface area contributed by atoms with Crippen LogP contribution in [0.5, 0.6) is 0 Å². The molecule has 0 radical (unpaired) electrons. The molecule has 0 aromatic carbocycles. The van der Waals surface area contributed by atoms with E-state index in [1.165, 1.54) is 12.1 Å². The van der Waals surface area contributed by atoms with Crippen molar-refractivity contribution in [1.82, 2.24) is 10.2 Å². The number of esters is 1. The fourth-order valence-electron chi connectivity index (χ4n) is 1.18. The Morgan fingerprint density at radius 3 is 2.56 bits per heavy atom. The highest BCUT2D eigenvalue weighted by atomic mass is 35.5. The fraction of sp³-hybridized carbons (Fsp3) is 0.455. The summed E-state index contributed by atoms with van der Waals surface area (Å²) >= 11 is 5.55. The molecular weight excluding hydrogens is 260 g/mol. The first-order chi connectivity index (χ1) is 8.45. The van der Waals surface area contributed by atoms with E-state index in [0.717, 1.165) is 0 Å².